The monoisotopic (exact) mass is 529 g/mol. The zero-order chi connectivity index (χ0) is 27.9. The van der Waals surface area contributed by atoms with Crippen LogP contribution in [0.3, 0.4) is 0 Å². The molecule has 1 aromatic heterocycles. The molecule has 200 valence electrons. The van der Waals surface area contributed by atoms with Crippen molar-refractivity contribution in [2.45, 2.75) is 44.9 Å². The van der Waals surface area contributed by atoms with Crippen LogP contribution in [0.5, 0.6) is 0 Å². The second-order valence-corrected chi connectivity index (χ2v) is 10.4. The number of hydrogen-bond donors (Lipinski definition) is 2. The molecule has 1 saturated heterocycles. The number of alkyl halides is 3. The highest BCUT2D eigenvalue weighted by molar-refractivity contribution is 5.97. The Labute approximate surface area is 217 Å². The van der Waals surface area contributed by atoms with E-state index in [9.17, 15) is 27.5 Å². The van der Waals surface area contributed by atoms with Gasteiger partial charge in [-0.15, -0.1) is 0 Å². The van der Waals surface area contributed by atoms with Crippen molar-refractivity contribution in [1.29, 1.82) is 10.5 Å². The number of rotatable bonds is 7. The molecule has 2 heterocycles. The Morgan fingerprint density at radius 1 is 1.29 bits per heavy atom. The average Bonchev–Trinajstić information content (AvgIpc) is 3.50. The summed E-state index contributed by atoms with van der Waals surface area (Å²) in [5.74, 6) is -0.825. The molecule has 1 aliphatic heterocycles. The molecule has 1 saturated carbocycles. The van der Waals surface area contributed by atoms with Gasteiger partial charge in [-0.1, -0.05) is 13.0 Å². The molecule has 38 heavy (non-hydrogen) atoms. The van der Waals surface area contributed by atoms with E-state index >= 15 is 0 Å². The number of amides is 1. The summed E-state index contributed by atoms with van der Waals surface area (Å²) in [5, 5.41) is 31.1. The fourth-order valence-corrected chi connectivity index (χ4v) is 5.91. The molecular weight excluding hydrogens is 502 g/mol. The van der Waals surface area contributed by atoms with Crippen LogP contribution in [0.15, 0.2) is 30.5 Å². The highest BCUT2D eigenvalue weighted by Gasteiger charge is 2.64. The summed E-state index contributed by atoms with van der Waals surface area (Å²) >= 11 is 0. The summed E-state index contributed by atoms with van der Waals surface area (Å²) in [7, 11) is 0. The number of nitrogens with one attached hydrogen (secondary N) is 1. The maximum atomic E-state index is 14.5. The fraction of sp³-hybridized carbons (Fsp3) is 0.481. The van der Waals surface area contributed by atoms with E-state index in [1.807, 2.05) is 11.0 Å². The van der Waals surface area contributed by atoms with E-state index in [-0.39, 0.29) is 35.0 Å². The lowest BCUT2D eigenvalue weighted by atomic mass is 9.89. The SMILES string of the molecule is CCC12CCN(CC(C)(O)C(=O)Nc3cnc(C#N)c(C(F)(F)F)c3)CC1C2Cc1ccc(C#N)cc1F. The number of nitriles is 2. The van der Waals surface area contributed by atoms with Crippen molar-refractivity contribution < 1.29 is 27.5 Å². The molecule has 2 N–H and O–H groups in total. The maximum absolute atomic E-state index is 14.5. The molecule has 7 nitrogen and oxygen atoms in total. The number of hydrogen-bond acceptors (Lipinski definition) is 6. The van der Waals surface area contributed by atoms with E-state index < -0.39 is 34.8 Å². The van der Waals surface area contributed by atoms with Crippen molar-refractivity contribution in [3.05, 3.63) is 58.7 Å². The number of anilines is 1. The van der Waals surface area contributed by atoms with Crippen molar-refractivity contribution in [1.82, 2.24) is 9.88 Å². The molecule has 2 aliphatic rings. The first-order valence-corrected chi connectivity index (χ1v) is 12.3. The number of carbonyl (C=O) groups excluding carboxylic acids is 1. The number of aliphatic hydroxyl groups is 1. The lowest BCUT2D eigenvalue weighted by Crippen LogP contribution is -2.51. The standard InChI is InChI=1S/C27H27F4N5O2/c1-3-26-6-7-36(14-21(26)19(26)9-17-5-4-16(11-32)8-22(17)28)15-25(2,38)24(37)35-18-10-20(27(29,30)31)23(12-33)34-13-18/h4-5,8,10,13,19,21,38H,3,6-7,9,14-15H2,1-2H3,(H,35,37). The second kappa shape index (κ2) is 9.97. The number of β-amino-alcohol motifs (C(OH)–C–C–N with tert-alkyl or cyclic N) is 1. The molecule has 1 amide bonds. The molecule has 11 heteroatoms. The zero-order valence-corrected chi connectivity index (χ0v) is 20.9. The van der Waals surface area contributed by atoms with Crippen LogP contribution in [0.25, 0.3) is 0 Å². The van der Waals surface area contributed by atoms with Crippen molar-refractivity contribution in [2.24, 2.45) is 17.3 Å². The fourth-order valence-electron chi connectivity index (χ4n) is 5.91. The largest absolute Gasteiger partial charge is 0.419 e. The summed E-state index contributed by atoms with van der Waals surface area (Å²) in [5.41, 5.74) is -3.41. The van der Waals surface area contributed by atoms with Crippen LogP contribution in [-0.2, 0) is 17.4 Å². The Kier molecular flexibility index (Phi) is 7.21. The van der Waals surface area contributed by atoms with Crippen LogP contribution in [0, 0.1) is 45.7 Å². The number of pyridine rings is 1. The normalized spacial score (nSPS) is 24.4. The zero-order valence-electron chi connectivity index (χ0n) is 20.9. The van der Waals surface area contributed by atoms with Gasteiger partial charge in [0.1, 0.15) is 11.9 Å². The van der Waals surface area contributed by atoms with Crippen LogP contribution in [0.1, 0.15) is 49.1 Å². The molecule has 1 aromatic carbocycles. The summed E-state index contributed by atoms with van der Waals surface area (Å²) in [6.07, 6.45) is -1.63. The van der Waals surface area contributed by atoms with Gasteiger partial charge in [0.25, 0.3) is 5.91 Å². The van der Waals surface area contributed by atoms with Gasteiger partial charge in [-0.2, -0.15) is 23.7 Å². The van der Waals surface area contributed by atoms with E-state index in [4.69, 9.17) is 10.5 Å². The molecule has 0 spiro atoms. The predicted octanol–water partition coefficient (Wildman–Crippen LogP) is 4.26. The van der Waals surface area contributed by atoms with E-state index in [2.05, 4.69) is 17.2 Å². The number of piperidine rings is 1. The van der Waals surface area contributed by atoms with E-state index in [1.54, 1.807) is 12.1 Å². The third kappa shape index (κ3) is 5.22. The van der Waals surface area contributed by atoms with Crippen LogP contribution in [-0.4, -0.2) is 46.1 Å². The van der Waals surface area contributed by atoms with E-state index in [0.29, 0.717) is 31.1 Å². The molecule has 2 aromatic rings. The van der Waals surface area contributed by atoms with Crippen LogP contribution >= 0.6 is 0 Å². The Hall–Kier alpha value is -3.54. The van der Waals surface area contributed by atoms with Crippen LogP contribution in [0.2, 0.25) is 0 Å². The molecule has 1 aliphatic carbocycles. The summed E-state index contributed by atoms with van der Waals surface area (Å²) in [6, 6.07) is 8.42. The van der Waals surface area contributed by atoms with Crippen molar-refractivity contribution in [3.8, 4) is 12.1 Å². The quantitative estimate of drug-likeness (QED) is 0.519. The number of fused-ring (bicyclic) bond motifs is 1. The maximum Gasteiger partial charge on any atom is 0.419 e. The van der Waals surface area contributed by atoms with Gasteiger partial charge in [-0.25, -0.2) is 9.37 Å². The molecule has 4 unspecified atom stereocenters. The molecule has 0 radical (unpaired) electrons. The third-order valence-corrected chi connectivity index (χ3v) is 8.06. The predicted molar refractivity (Wildman–Crippen MR) is 129 cm³/mol. The topological polar surface area (TPSA) is 113 Å². The van der Waals surface area contributed by atoms with Crippen molar-refractivity contribution in [2.75, 3.05) is 25.0 Å². The van der Waals surface area contributed by atoms with Gasteiger partial charge in [0.2, 0.25) is 0 Å². The Morgan fingerprint density at radius 3 is 2.63 bits per heavy atom. The van der Waals surface area contributed by atoms with E-state index in [1.165, 1.54) is 19.1 Å². The molecule has 0 bridgehead atoms. The van der Waals surface area contributed by atoms with Gasteiger partial charge in [0, 0.05) is 13.1 Å². The van der Waals surface area contributed by atoms with E-state index in [0.717, 1.165) is 19.0 Å². The number of nitrogens with zero attached hydrogens (tertiary/aromatic N) is 4. The van der Waals surface area contributed by atoms with Crippen LogP contribution < -0.4 is 5.32 Å². The molecule has 4 rings (SSSR count). The third-order valence-electron chi connectivity index (χ3n) is 8.06. The minimum absolute atomic E-state index is 0.0388. The van der Waals surface area contributed by atoms with Gasteiger partial charge in [0.15, 0.2) is 11.3 Å². The van der Waals surface area contributed by atoms with Crippen molar-refractivity contribution in [3.63, 3.8) is 0 Å². The lowest BCUT2D eigenvalue weighted by molar-refractivity contribution is -0.138. The average molecular weight is 530 g/mol. The minimum Gasteiger partial charge on any atom is -0.379 e. The van der Waals surface area contributed by atoms with Crippen LogP contribution in [0.4, 0.5) is 23.2 Å². The number of aromatic nitrogens is 1. The summed E-state index contributed by atoms with van der Waals surface area (Å²) < 4.78 is 54.2. The van der Waals surface area contributed by atoms with Gasteiger partial charge in [-0.05, 0) is 73.7 Å². The first kappa shape index (κ1) is 27.5. The summed E-state index contributed by atoms with van der Waals surface area (Å²) in [6.45, 7) is 4.56. The highest BCUT2D eigenvalue weighted by atomic mass is 19.4. The Bertz CT molecular complexity index is 1330. The van der Waals surface area contributed by atoms with Gasteiger partial charge < -0.3 is 10.4 Å². The number of likely N-dealkylation sites (tertiary alicyclic amines) is 1. The number of carbonyl (C=O) groups is 1. The first-order chi connectivity index (χ1) is 17.8. The number of benzene rings is 1. The smallest absolute Gasteiger partial charge is 0.379 e. The van der Waals surface area contributed by atoms with Gasteiger partial charge >= 0.3 is 6.18 Å². The first-order valence-electron chi connectivity index (χ1n) is 12.3. The summed E-state index contributed by atoms with van der Waals surface area (Å²) in [4.78, 5) is 18.2. The molecular formula is C27H27F4N5O2. The van der Waals surface area contributed by atoms with Crippen molar-refractivity contribution >= 4 is 11.6 Å². The Morgan fingerprint density at radius 2 is 2.03 bits per heavy atom. The Balaban J connectivity index is 1.41. The van der Waals surface area contributed by atoms with Gasteiger partial charge in [0.05, 0.1) is 29.1 Å². The minimum atomic E-state index is -4.83. The highest BCUT2D eigenvalue weighted by Crippen LogP contribution is 2.66. The molecule has 2 fully saturated rings. The molecule has 4 atom stereocenters. The number of halogens is 4. The lowest BCUT2D eigenvalue weighted by Gasteiger charge is -2.35. The second-order valence-electron chi connectivity index (χ2n) is 10.4. The van der Waals surface area contributed by atoms with Gasteiger partial charge in [-0.3, -0.25) is 9.69 Å².